The summed E-state index contributed by atoms with van der Waals surface area (Å²) < 4.78 is 0. The number of benzene rings is 1. The lowest BCUT2D eigenvalue weighted by Crippen LogP contribution is -2.42. The fourth-order valence-electron chi connectivity index (χ4n) is 2.70. The van der Waals surface area contributed by atoms with Gasteiger partial charge < -0.3 is 15.4 Å². The number of nitrogens with one attached hydrogen (secondary N) is 2. The third kappa shape index (κ3) is 3.67. The smallest absolute Gasteiger partial charge is 0.326 e. The summed E-state index contributed by atoms with van der Waals surface area (Å²) in [5.74, 6) is -1.05. The molecule has 118 valence electrons. The van der Waals surface area contributed by atoms with E-state index in [1.807, 2.05) is 45.2 Å². The molecule has 1 aromatic carbocycles. The highest BCUT2D eigenvalue weighted by molar-refractivity contribution is 5.92. The van der Waals surface area contributed by atoms with E-state index >= 15 is 0 Å². The van der Waals surface area contributed by atoms with Gasteiger partial charge in [-0.25, -0.2) is 4.79 Å². The maximum atomic E-state index is 12.2. The average molecular weight is 302 g/mol. The molecule has 0 aliphatic heterocycles. The van der Waals surface area contributed by atoms with Gasteiger partial charge in [0.25, 0.3) is 0 Å². The van der Waals surface area contributed by atoms with E-state index in [-0.39, 0.29) is 18.2 Å². The number of carboxylic acids is 1. The van der Waals surface area contributed by atoms with Crippen molar-refractivity contribution < 1.29 is 14.7 Å². The lowest BCUT2D eigenvalue weighted by atomic mass is 10.0. The highest BCUT2D eigenvalue weighted by Crippen LogP contribution is 2.22. The third-order valence-corrected chi connectivity index (χ3v) is 3.69. The molecule has 5 nitrogen and oxygen atoms in total. The van der Waals surface area contributed by atoms with E-state index in [0.29, 0.717) is 6.42 Å². The Kier molecular flexibility index (Phi) is 4.85. The van der Waals surface area contributed by atoms with Crippen LogP contribution in [0.15, 0.2) is 24.4 Å². The first-order valence-corrected chi connectivity index (χ1v) is 7.46. The molecule has 1 amide bonds. The van der Waals surface area contributed by atoms with Gasteiger partial charge in [0.1, 0.15) is 6.04 Å². The third-order valence-electron chi connectivity index (χ3n) is 3.69. The van der Waals surface area contributed by atoms with E-state index in [0.717, 1.165) is 22.0 Å². The second-order valence-corrected chi connectivity index (χ2v) is 6.08. The van der Waals surface area contributed by atoms with Crippen LogP contribution in [0.5, 0.6) is 0 Å². The van der Waals surface area contributed by atoms with Gasteiger partial charge in [0, 0.05) is 17.1 Å². The van der Waals surface area contributed by atoms with Crippen LogP contribution in [0.2, 0.25) is 0 Å². The number of amides is 1. The molecule has 0 fully saturated rings. The van der Waals surface area contributed by atoms with E-state index in [1.165, 1.54) is 0 Å². The molecule has 0 spiro atoms. The molecule has 1 heterocycles. The number of hydrogen-bond acceptors (Lipinski definition) is 2. The molecule has 5 heteroatoms. The highest BCUT2D eigenvalue weighted by Gasteiger charge is 2.21. The van der Waals surface area contributed by atoms with Crippen LogP contribution in [0, 0.1) is 12.8 Å². The number of carboxylic acid groups (broad SMARTS) is 1. The van der Waals surface area contributed by atoms with Crippen LogP contribution < -0.4 is 5.32 Å². The molecule has 0 bridgehead atoms. The largest absolute Gasteiger partial charge is 0.480 e. The summed E-state index contributed by atoms with van der Waals surface area (Å²) in [4.78, 5) is 26.5. The SMILES string of the molecule is Cc1cccc2[nH]cc(CC(=O)N[C@@H](CC(C)C)C(=O)O)c12. The first kappa shape index (κ1) is 16.1. The fourth-order valence-corrected chi connectivity index (χ4v) is 2.70. The second kappa shape index (κ2) is 6.64. The molecule has 0 saturated heterocycles. The van der Waals surface area contributed by atoms with E-state index in [1.54, 1.807) is 0 Å². The van der Waals surface area contributed by atoms with Crippen molar-refractivity contribution >= 4 is 22.8 Å². The first-order chi connectivity index (χ1) is 10.4. The van der Waals surface area contributed by atoms with Gasteiger partial charge in [0.2, 0.25) is 5.91 Å². The lowest BCUT2D eigenvalue weighted by Gasteiger charge is -2.16. The molecule has 0 radical (unpaired) electrons. The van der Waals surface area contributed by atoms with Crippen LogP contribution in [0.25, 0.3) is 10.9 Å². The molecule has 0 aliphatic rings. The molecule has 0 aliphatic carbocycles. The predicted molar refractivity (Wildman–Crippen MR) is 85.8 cm³/mol. The molecule has 2 aromatic rings. The van der Waals surface area contributed by atoms with Crippen LogP contribution in [0.4, 0.5) is 0 Å². The minimum Gasteiger partial charge on any atom is -0.480 e. The molecular weight excluding hydrogens is 280 g/mol. The number of fused-ring (bicyclic) bond motifs is 1. The van der Waals surface area contributed by atoms with Gasteiger partial charge in [-0.05, 0) is 36.5 Å². The Bertz CT molecular complexity index is 688. The summed E-state index contributed by atoms with van der Waals surface area (Å²) in [5, 5.41) is 12.8. The van der Waals surface area contributed by atoms with Gasteiger partial charge in [-0.1, -0.05) is 26.0 Å². The Morgan fingerprint density at radius 1 is 1.32 bits per heavy atom. The maximum Gasteiger partial charge on any atom is 0.326 e. The van der Waals surface area contributed by atoms with Crippen molar-refractivity contribution in [1.29, 1.82) is 0 Å². The van der Waals surface area contributed by atoms with Crippen LogP contribution >= 0.6 is 0 Å². The number of aliphatic carboxylic acids is 1. The van der Waals surface area contributed by atoms with Crippen molar-refractivity contribution in [2.75, 3.05) is 0 Å². The molecule has 1 aromatic heterocycles. The molecule has 3 N–H and O–H groups in total. The molecule has 1 atom stereocenters. The summed E-state index contributed by atoms with van der Waals surface area (Å²) in [5.41, 5.74) is 2.97. The number of aromatic amines is 1. The van der Waals surface area contributed by atoms with Crippen LogP contribution in [-0.4, -0.2) is 28.0 Å². The van der Waals surface area contributed by atoms with Gasteiger partial charge in [-0.3, -0.25) is 4.79 Å². The Morgan fingerprint density at radius 2 is 2.05 bits per heavy atom. The van der Waals surface area contributed by atoms with E-state index in [4.69, 9.17) is 0 Å². The first-order valence-electron chi connectivity index (χ1n) is 7.46. The summed E-state index contributed by atoms with van der Waals surface area (Å²) >= 11 is 0. The van der Waals surface area contributed by atoms with Gasteiger partial charge >= 0.3 is 5.97 Å². The van der Waals surface area contributed by atoms with Crippen LogP contribution in [0.3, 0.4) is 0 Å². The van der Waals surface area contributed by atoms with Crippen molar-refractivity contribution in [2.45, 2.75) is 39.7 Å². The Morgan fingerprint density at radius 3 is 2.68 bits per heavy atom. The monoisotopic (exact) mass is 302 g/mol. The normalized spacial score (nSPS) is 12.5. The topological polar surface area (TPSA) is 82.2 Å². The number of carbonyl (C=O) groups excluding carboxylic acids is 1. The zero-order chi connectivity index (χ0) is 16.3. The zero-order valence-electron chi connectivity index (χ0n) is 13.1. The summed E-state index contributed by atoms with van der Waals surface area (Å²) in [6.07, 6.45) is 2.41. The quantitative estimate of drug-likeness (QED) is 0.767. The number of aromatic nitrogens is 1. The number of hydrogen-bond donors (Lipinski definition) is 3. The summed E-state index contributed by atoms with van der Waals surface area (Å²) in [6, 6.07) is 5.08. The minimum absolute atomic E-state index is 0.173. The lowest BCUT2D eigenvalue weighted by molar-refractivity contribution is -0.142. The number of carbonyl (C=O) groups is 2. The fraction of sp³-hybridized carbons (Fsp3) is 0.412. The Labute approximate surface area is 129 Å². The molecule has 0 unspecified atom stereocenters. The van der Waals surface area contributed by atoms with Crippen molar-refractivity contribution in [2.24, 2.45) is 5.92 Å². The molecule has 2 rings (SSSR count). The van der Waals surface area contributed by atoms with Gasteiger partial charge in [-0.15, -0.1) is 0 Å². The Balaban J connectivity index is 2.12. The standard InChI is InChI=1S/C17H22N2O3/c1-10(2)7-14(17(21)22)19-15(20)8-12-9-18-13-6-4-5-11(3)16(12)13/h4-6,9-10,14,18H,7-8H2,1-3H3,(H,19,20)(H,21,22)/t14-/m0/s1. The van der Waals surface area contributed by atoms with Crippen LogP contribution in [0.1, 0.15) is 31.4 Å². The van der Waals surface area contributed by atoms with E-state index < -0.39 is 12.0 Å². The van der Waals surface area contributed by atoms with Crippen molar-refractivity contribution in [3.63, 3.8) is 0 Å². The van der Waals surface area contributed by atoms with Gasteiger partial charge in [0.05, 0.1) is 6.42 Å². The van der Waals surface area contributed by atoms with Crippen molar-refractivity contribution in [3.05, 3.63) is 35.5 Å². The van der Waals surface area contributed by atoms with E-state index in [2.05, 4.69) is 10.3 Å². The maximum absolute atomic E-state index is 12.2. The van der Waals surface area contributed by atoms with Gasteiger partial charge in [0.15, 0.2) is 0 Å². The summed E-state index contributed by atoms with van der Waals surface area (Å²) in [7, 11) is 0. The van der Waals surface area contributed by atoms with Gasteiger partial charge in [-0.2, -0.15) is 0 Å². The molecular formula is C17H22N2O3. The molecule has 0 saturated carbocycles. The zero-order valence-corrected chi connectivity index (χ0v) is 13.1. The number of H-pyrrole nitrogens is 1. The average Bonchev–Trinajstić information content (AvgIpc) is 2.82. The van der Waals surface area contributed by atoms with Crippen molar-refractivity contribution in [1.82, 2.24) is 10.3 Å². The highest BCUT2D eigenvalue weighted by atomic mass is 16.4. The minimum atomic E-state index is -0.989. The Hall–Kier alpha value is -2.30. The molecule has 22 heavy (non-hydrogen) atoms. The number of aryl methyl sites for hydroxylation is 1. The van der Waals surface area contributed by atoms with Crippen LogP contribution in [-0.2, 0) is 16.0 Å². The van der Waals surface area contributed by atoms with E-state index in [9.17, 15) is 14.7 Å². The predicted octanol–water partition coefficient (Wildman–Crippen LogP) is 2.63. The number of rotatable bonds is 6. The van der Waals surface area contributed by atoms with Crippen molar-refractivity contribution in [3.8, 4) is 0 Å². The second-order valence-electron chi connectivity index (χ2n) is 6.08. The summed E-state index contributed by atoms with van der Waals surface area (Å²) in [6.45, 7) is 5.87.